The van der Waals surface area contributed by atoms with E-state index in [2.05, 4.69) is 0 Å². The molecule has 0 atom stereocenters. The van der Waals surface area contributed by atoms with E-state index in [9.17, 15) is 14.4 Å². The van der Waals surface area contributed by atoms with Crippen molar-refractivity contribution in [2.75, 3.05) is 13.2 Å². The van der Waals surface area contributed by atoms with Crippen molar-refractivity contribution in [3.8, 4) is 11.5 Å². The molecule has 7 nitrogen and oxygen atoms in total. The molecule has 1 aliphatic heterocycles. The molecule has 0 fully saturated rings. The monoisotopic (exact) mass is 467 g/mol. The summed E-state index contributed by atoms with van der Waals surface area (Å²) in [7, 11) is 1.95. The van der Waals surface area contributed by atoms with E-state index >= 15 is 0 Å². The Morgan fingerprint density at radius 2 is 1.51 bits per heavy atom. The molecule has 0 spiro atoms. The number of aromatic nitrogens is 1. The Kier molecular flexibility index (Phi) is 5.97. The summed E-state index contributed by atoms with van der Waals surface area (Å²) in [6, 6.07) is 22.3. The lowest BCUT2D eigenvalue weighted by atomic mass is 10.0. The van der Waals surface area contributed by atoms with Crippen LogP contribution in [0.3, 0.4) is 0 Å². The van der Waals surface area contributed by atoms with E-state index in [1.54, 1.807) is 12.1 Å². The molecule has 2 heterocycles. The van der Waals surface area contributed by atoms with E-state index in [0.29, 0.717) is 35.5 Å². The molecule has 5 rings (SSSR count). The molecule has 0 aliphatic carbocycles. The lowest BCUT2D eigenvalue weighted by Crippen LogP contribution is -2.32. The highest BCUT2D eigenvalue weighted by Crippen LogP contribution is 2.29. The molecular weight excluding hydrogens is 444 g/mol. The summed E-state index contributed by atoms with van der Waals surface area (Å²) in [5.74, 6) is -0.00776. The van der Waals surface area contributed by atoms with Crippen LogP contribution >= 0.6 is 0 Å². The van der Waals surface area contributed by atoms with Gasteiger partial charge in [-0.1, -0.05) is 30.3 Å². The van der Waals surface area contributed by atoms with E-state index < -0.39 is 5.97 Å². The number of benzene rings is 3. The van der Waals surface area contributed by atoms with Gasteiger partial charge in [0.1, 0.15) is 18.5 Å². The summed E-state index contributed by atoms with van der Waals surface area (Å²) in [4.78, 5) is 38.0. The highest BCUT2D eigenvalue weighted by molar-refractivity contribution is 6.14. The van der Waals surface area contributed by atoms with Crippen LogP contribution in [0.1, 0.15) is 16.8 Å². The fourth-order valence-electron chi connectivity index (χ4n) is 4.28. The number of hydrogen-bond acceptors (Lipinski definition) is 5. The van der Waals surface area contributed by atoms with Gasteiger partial charge in [-0.15, -0.1) is 0 Å². The zero-order valence-corrected chi connectivity index (χ0v) is 19.1. The van der Waals surface area contributed by atoms with Crippen molar-refractivity contribution in [2.24, 2.45) is 7.05 Å². The number of rotatable bonds is 7. The van der Waals surface area contributed by atoms with Crippen LogP contribution < -0.4 is 14.0 Å². The van der Waals surface area contributed by atoms with Gasteiger partial charge in [-0.2, -0.15) is 4.57 Å². The number of imide groups is 1. The first-order valence-electron chi connectivity index (χ1n) is 11.3. The first-order valence-corrected chi connectivity index (χ1v) is 11.3. The summed E-state index contributed by atoms with van der Waals surface area (Å²) in [6.45, 7) is 0.596. The van der Waals surface area contributed by atoms with Crippen LogP contribution in [0.25, 0.3) is 21.8 Å². The maximum atomic E-state index is 13.4. The largest absolute Gasteiger partial charge is 0.493 e. The van der Waals surface area contributed by atoms with Crippen molar-refractivity contribution in [3.63, 3.8) is 0 Å². The summed E-state index contributed by atoms with van der Waals surface area (Å²) < 4.78 is 13.7. The van der Waals surface area contributed by atoms with E-state index in [4.69, 9.17) is 9.47 Å². The number of amides is 2. The third-order valence-corrected chi connectivity index (χ3v) is 5.99. The fourth-order valence-corrected chi connectivity index (χ4v) is 4.28. The van der Waals surface area contributed by atoms with Gasteiger partial charge in [0.15, 0.2) is 0 Å². The Morgan fingerprint density at radius 1 is 0.829 bits per heavy atom. The molecule has 0 radical (unpaired) electrons. The molecule has 0 N–H and O–H groups in total. The lowest BCUT2D eigenvalue weighted by Gasteiger charge is -2.14. The molecule has 0 unspecified atom stereocenters. The van der Waals surface area contributed by atoms with Crippen LogP contribution in [-0.4, -0.2) is 35.8 Å². The van der Waals surface area contributed by atoms with Crippen LogP contribution in [0.2, 0.25) is 0 Å². The Morgan fingerprint density at radius 3 is 2.29 bits per heavy atom. The lowest BCUT2D eigenvalue weighted by molar-refractivity contribution is -0.617. The maximum Gasteiger partial charge on any atom is 0.345 e. The van der Waals surface area contributed by atoms with Crippen molar-refractivity contribution in [1.82, 2.24) is 4.90 Å². The molecule has 35 heavy (non-hydrogen) atoms. The number of carbonyl (C=O) groups is 3. The predicted octanol–water partition coefficient (Wildman–Crippen LogP) is 3.73. The van der Waals surface area contributed by atoms with Crippen LogP contribution in [0.5, 0.6) is 11.5 Å². The van der Waals surface area contributed by atoms with Gasteiger partial charge in [-0.3, -0.25) is 14.5 Å². The van der Waals surface area contributed by atoms with Gasteiger partial charge in [0, 0.05) is 30.8 Å². The van der Waals surface area contributed by atoms with Crippen molar-refractivity contribution < 1.29 is 28.4 Å². The number of hydrogen-bond donors (Lipinski definition) is 0. The van der Waals surface area contributed by atoms with E-state index in [0.717, 1.165) is 16.4 Å². The molecule has 0 bridgehead atoms. The number of aryl methyl sites for hydroxylation is 1. The summed E-state index contributed by atoms with van der Waals surface area (Å²) in [5, 5.41) is 1.48. The van der Waals surface area contributed by atoms with Gasteiger partial charge in [-0.05, 0) is 36.8 Å². The van der Waals surface area contributed by atoms with Crippen molar-refractivity contribution in [2.45, 2.75) is 6.42 Å². The smallest absolute Gasteiger partial charge is 0.345 e. The second kappa shape index (κ2) is 9.38. The predicted molar refractivity (Wildman–Crippen MR) is 130 cm³/mol. The summed E-state index contributed by atoms with van der Waals surface area (Å²) in [6.07, 6.45) is 3.03. The summed E-state index contributed by atoms with van der Waals surface area (Å²) >= 11 is 0. The average Bonchev–Trinajstić information content (AvgIpc) is 3.19. The molecule has 1 aliphatic rings. The molecule has 7 heteroatoms. The maximum absolute atomic E-state index is 13.4. The minimum atomic E-state index is -0.450. The third kappa shape index (κ3) is 4.36. The van der Waals surface area contributed by atoms with Crippen LogP contribution in [0.15, 0.2) is 84.9 Å². The quantitative estimate of drug-likeness (QED) is 0.103. The molecule has 3 aromatic carbocycles. The molecule has 4 aromatic rings. The third-order valence-electron chi connectivity index (χ3n) is 5.99. The topological polar surface area (TPSA) is 76.8 Å². The number of fused-ring (bicyclic) bond motifs is 2. The number of para-hydroxylation sites is 2. The standard InChI is InChI=1S/C28H23N2O5/c1-29-23-11-6-5-10-21(23)27(28(33)35-19-8-3-2-4-9-19)22-18-20(12-13-24(22)29)34-17-7-16-30-25(31)14-15-26(30)32/h2-6,8-15,18H,7,16-17H2,1H3/q+1. The van der Waals surface area contributed by atoms with E-state index in [1.165, 1.54) is 17.1 Å². The number of carbonyl (C=O) groups excluding carboxylic acids is 3. The first kappa shape index (κ1) is 22.3. The molecular formula is C28H23N2O5+. The van der Waals surface area contributed by atoms with Gasteiger partial charge in [0.25, 0.3) is 11.8 Å². The molecule has 1 aromatic heterocycles. The summed E-state index contributed by atoms with van der Waals surface area (Å²) in [5.41, 5.74) is 2.22. The first-order chi connectivity index (χ1) is 17.0. The van der Waals surface area contributed by atoms with Gasteiger partial charge in [-0.25, -0.2) is 4.79 Å². The van der Waals surface area contributed by atoms with Crippen LogP contribution in [0.4, 0.5) is 0 Å². The van der Waals surface area contributed by atoms with E-state index in [1.807, 2.05) is 72.3 Å². The highest BCUT2D eigenvalue weighted by Gasteiger charge is 2.25. The Bertz CT molecular complexity index is 1480. The molecule has 2 amide bonds. The Hall–Kier alpha value is -4.52. The Labute approximate surface area is 201 Å². The highest BCUT2D eigenvalue weighted by atomic mass is 16.5. The van der Waals surface area contributed by atoms with Gasteiger partial charge in [0.2, 0.25) is 11.0 Å². The number of nitrogens with zero attached hydrogens (tertiary/aromatic N) is 2. The number of pyridine rings is 1. The van der Waals surface area contributed by atoms with Crippen LogP contribution in [0, 0.1) is 0 Å². The second-order valence-corrected chi connectivity index (χ2v) is 8.20. The van der Waals surface area contributed by atoms with Gasteiger partial charge < -0.3 is 9.47 Å². The Balaban J connectivity index is 1.45. The molecule has 0 saturated carbocycles. The zero-order chi connectivity index (χ0) is 24.4. The average molecular weight is 468 g/mol. The minimum Gasteiger partial charge on any atom is -0.493 e. The van der Waals surface area contributed by atoms with Crippen LogP contribution in [-0.2, 0) is 16.6 Å². The zero-order valence-electron chi connectivity index (χ0n) is 19.1. The minimum absolute atomic E-state index is 0.284. The molecule has 174 valence electrons. The number of ether oxygens (including phenoxy) is 2. The second-order valence-electron chi connectivity index (χ2n) is 8.20. The normalized spacial score (nSPS) is 13.1. The van der Waals surface area contributed by atoms with E-state index in [-0.39, 0.29) is 18.4 Å². The van der Waals surface area contributed by atoms with Gasteiger partial charge >= 0.3 is 5.97 Å². The van der Waals surface area contributed by atoms with Crippen molar-refractivity contribution in [1.29, 1.82) is 0 Å². The van der Waals surface area contributed by atoms with Crippen molar-refractivity contribution in [3.05, 3.63) is 90.5 Å². The van der Waals surface area contributed by atoms with Crippen molar-refractivity contribution >= 4 is 39.6 Å². The SMILES string of the molecule is C[n+]1c2ccccc2c(C(=O)Oc2ccccc2)c2cc(OCCCN3C(=O)C=CC3=O)ccc21. The molecule has 0 saturated heterocycles. The number of esters is 1. The van der Waals surface area contributed by atoms with Gasteiger partial charge in [0.05, 0.1) is 22.9 Å². The fraction of sp³-hybridized carbons (Fsp3) is 0.143.